The molecule has 3 aromatic carbocycles. The van der Waals surface area contributed by atoms with Crippen molar-refractivity contribution in [3.63, 3.8) is 0 Å². The molecule has 0 saturated carbocycles. The summed E-state index contributed by atoms with van der Waals surface area (Å²) in [6, 6.07) is 25.1. The summed E-state index contributed by atoms with van der Waals surface area (Å²) in [6.07, 6.45) is 2.22. The van der Waals surface area contributed by atoms with E-state index in [1.54, 1.807) is 0 Å². The molecule has 4 rings (SSSR count). The van der Waals surface area contributed by atoms with E-state index in [1.165, 1.54) is 10.9 Å². The molecule has 0 unspecified atom stereocenters. The Morgan fingerprint density at radius 2 is 1.54 bits per heavy atom. The first kappa shape index (κ1) is 16.6. The normalized spacial score (nSPS) is 15.7. The van der Waals surface area contributed by atoms with E-state index < -0.39 is 0 Å². The lowest BCUT2D eigenvalue weighted by Gasteiger charge is -2.33. The lowest BCUT2D eigenvalue weighted by atomic mass is 9.90. The second kappa shape index (κ2) is 7.58. The Morgan fingerprint density at radius 3 is 2.35 bits per heavy atom. The summed E-state index contributed by atoms with van der Waals surface area (Å²) in [7, 11) is 0. The SMILES string of the molecule is N=C(Nc1cccc2ccccc12)NN1CCC(c2ccccc2)CC1. The molecule has 4 nitrogen and oxygen atoms in total. The number of fused-ring (bicyclic) bond motifs is 1. The summed E-state index contributed by atoms with van der Waals surface area (Å²) in [5.41, 5.74) is 5.59. The summed E-state index contributed by atoms with van der Waals surface area (Å²) in [5.74, 6) is 0.939. The Labute approximate surface area is 154 Å². The van der Waals surface area contributed by atoms with Gasteiger partial charge in [-0.3, -0.25) is 10.8 Å². The monoisotopic (exact) mass is 344 g/mol. The van der Waals surface area contributed by atoms with Crippen LogP contribution >= 0.6 is 0 Å². The highest BCUT2D eigenvalue weighted by Gasteiger charge is 2.20. The van der Waals surface area contributed by atoms with E-state index in [0.717, 1.165) is 37.0 Å². The zero-order valence-corrected chi connectivity index (χ0v) is 14.8. The van der Waals surface area contributed by atoms with E-state index in [2.05, 4.69) is 64.3 Å². The summed E-state index contributed by atoms with van der Waals surface area (Å²) in [6.45, 7) is 1.89. The molecule has 0 atom stereocenters. The summed E-state index contributed by atoms with van der Waals surface area (Å²) in [5, 5.41) is 15.9. The maximum Gasteiger partial charge on any atom is 0.207 e. The van der Waals surface area contributed by atoms with Crippen LogP contribution in [0.4, 0.5) is 5.69 Å². The second-order valence-corrected chi connectivity index (χ2v) is 6.81. The van der Waals surface area contributed by atoms with E-state index in [1.807, 2.05) is 24.3 Å². The van der Waals surface area contributed by atoms with Gasteiger partial charge in [0.15, 0.2) is 0 Å². The van der Waals surface area contributed by atoms with E-state index in [0.29, 0.717) is 11.9 Å². The molecular weight excluding hydrogens is 320 g/mol. The molecule has 1 saturated heterocycles. The Bertz CT molecular complexity index is 878. The molecule has 1 aliphatic heterocycles. The van der Waals surface area contributed by atoms with Gasteiger partial charge >= 0.3 is 0 Å². The molecule has 4 heteroatoms. The van der Waals surface area contributed by atoms with E-state index in [-0.39, 0.29) is 0 Å². The minimum absolute atomic E-state index is 0.319. The predicted octanol–water partition coefficient (Wildman–Crippen LogP) is 4.57. The van der Waals surface area contributed by atoms with Gasteiger partial charge in [-0.15, -0.1) is 0 Å². The number of nitrogens with zero attached hydrogens (tertiary/aromatic N) is 1. The molecule has 1 aliphatic rings. The van der Waals surface area contributed by atoms with Gasteiger partial charge in [0, 0.05) is 24.2 Å². The molecule has 0 aromatic heterocycles. The van der Waals surface area contributed by atoms with Crippen LogP contribution in [-0.4, -0.2) is 24.1 Å². The molecule has 26 heavy (non-hydrogen) atoms. The van der Waals surface area contributed by atoms with Crippen molar-refractivity contribution in [1.82, 2.24) is 10.4 Å². The molecule has 1 fully saturated rings. The third-order valence-corrected chi connectivity index (χ3v) is 5.09. The minimum atomic E-state index is 0.319. The second-order valence-electron chi connectivity index (χ2n) is 6.81. The Hall–Kier alpha value is -2.85. The highest BCUT2D eigenvalue weighted by atomic mass is 15.5. The van der Waals surface area contributed by atoms with Crippen LogP contribution in [0, 0.1) is 5.41 Å². The van der Waals surface area contributed by atoms with Crippen molar-refractivity contribution in [2.45, 2.75) is 18.8 Å². The third-order valence-electron chi connectivity index (χ3n) is 5.09. The lowest BCUT2D eigenvalue weighted by Crippen LogP contribution is -2.48. The van der Waals surface area contributed by atoms with Gasteiger partial charge in [0.05, 0.1) is 0 Å². The molecule has 3 aromatic rings. The third kappa shape index (κ3) is 3.70. The van der Waals surface area contributed by atoms with Gasteiger partial charge in [0.25, 0.3) is 0 Å². The number of rotatable bonds is 3. The van der Waals surface area contributed by atoms with Gasteiger partial charge in [0.2, 0.25) is 5.96 Å². The van der Waals surface area contributed by atoms with E-state index in [9.17, 15) is 0 Å². The van der Waals surface area contributed by atoms with Crippen molar-refractivity contribution in [3.8, 4) is 0 Å². The number of piperidine rings is 1. The van der Waals surface area contributed by atoms with E-state index >= 15 is 0 Å². The number of benzene rings is 3. The Kier molecular flexibility index (Phi) is 4.84. The van der Waals surface area contributed by atoms with Crippen molar-refractivity contribution in [2.24, 2.45) is 0 Å². The Morgan fingerprint density at radius 1 is 0.846 bits per heavy atom. The Balaban J connectivity index is 1.34. The van der Waals surface area contributed by atoms with Crippen LogP contribution in [0.5, 0.6) is 0 Å². The first-order valence-corrected chi connectivity index (χ1v) is 9.19. The van der Waals surface area contributed by atoms with E-state index in [4.69, 9.17) is 5.41 Å². The van der Waals surface area contributed by atoms with Gasteiger partial charge in [-0.2, -0.15) is 0 Å². The predicted molar refractivity (Wildman–Crippen MR) is 108 cm³/mol. The quantitative estimate of drug-likeness (QED) is 0.482. The molecule has 132 valence electrons. The summed E-state index contributed by atoms with van der Waals surface area (Å²) < 4.78 is 0. The smallest absolute Gasteiger partial charge is 0.207 e. The van der Waals surface area contributed by atoms with Gasteiger partial charge < -0.3 is 5.32 Å². The van der Waals surface area contributed by atoms with Gasteiger partial charge in [-0.1, -0.05) is 66.7 Å². The van der Waals surface area contributed by atoms with Crippen LogP contribution in [-0.2, 0) is 0 Å². The lowest BCUT2D eigenvalue weighted by molar-refractivity contribution is 0.179. The van der Waals surface area contributed by atoms with Crippen LogP contribution in [0.3, 0.4) is 0 Å². The zero-order valence-electron chi connectivity index (χ0n) is 14.8. The molecule has 0 spiro atoms. The highest BCUT2D eigenvalue weighted by molar-refractivity contribution is 6.02. The maximum absolute atomic E-state index is 8.29. The number of hydrogen-bond donors (Lipinski definition) is 3. The van der Waals surface area contributed by atoms with Crippen LogP contribution in [0.15, 0.2) is 72.8 Å². The fraction of sp³-hybridized carbons (Fsp3) is 0.227. The van der Waals surface area contributed by atoms with Crippen molar-refractivity contribution in [2.75, 3.05) is 18.4 Å². The highest BCUT2D eigenvalue weighted by Crippen LogP contribution is 2.27. The first-order valence-electron chi connectivity index (χ1n) is 9.19. The average Bonchev–Trinajstić information content (AvgIpc) is 2.69. The van der Waals surface area contributed by atoms with Crippen LogP contribution < -0.4 is 10.7 Å². The van der Waals surface area contributed by atoms with Gasteiger partial charge in [-0.05, 0) is 35.8 Å². The van der Waals surface area contributed by atoms with Crippen LogP contribution in [0.1, 0.15) is 24.3 Å². The molecule has 3 N–H and O–H groups in total. The molecule has 0 amide bonds. The number of hydrazine groups is 1. The molecule has 1 heterocycles. The summed E-state index contributed by atoms with van der Waals surface area (Å²) in [4.78, 5) is 0. The molecule has 0 aliphatic carbocycles. The average molecular weight is 344 g/mol. The largest absolute Gasteiger partial charge is 0.325 e. The van der Waals surface area contributed by atoms with Gasteiger partial charge in [-0.25, -0.2) is 5.01 Å². The number of guanidine groups is 1. The van der Waals surface area contributed by atoms with Crippen molar-refractivity contribution in [1.29, 1.82) is 5.41 Å². The van der Waals surface area contributed by atoms with Crippen LogP contribution in [0.25, 0.3) is 10.8 Å². The standard InChI is InChI=1S/C22H24N4/c23-22(24-21-12-6-10-19-9-4-5-11-20(19)21)25-26-15-13-18(14-16-26)17-7-2-1-3-8-17/h1-12,18H,13-16H2,(H3,23,24,25). The van der Waals surface area contributed by atoms with Crippen molar-refractivity contribution >= 4 is 22.4 Å². The topological polar surface area (TPSA) is 51.2 Å². The summed E-state index contributed by atoms with van der Waals surface area (Å²) >= 11 is 0. The number of nitrogens with one attached hydrogen (secondary N) is 3. The molecule has 0 radical (unpaired) electrons. The number of anilines is 1. The van der Waals surface area contributed by atoms with Crippen molar-refractivity contribution < 1.29 is 0 Å². The molecular formula is C22H24N4. The fourth-order valence-electron chi connectivity index (χ4n) is 3.70. The zero-order chi connectivity index (χ0) is 17.8. The van der Waals surface area contributed by atoms with Crippen LogP contribution in [0.2, 0.25) is 0 Å². The minimum Gasteiger partial charge on any atom is -0.325 e. The first-order chi connectivity index (χ1) is 12.8. The van der Waals surface area contributed by atoms with Crippen molar-refractivity contribution in [3.05, 3.63) is 78.4 Å². The molecule has 0 bridgehead atoms. The fourth-order valence-corrected chi connectivity index (χ4v) is 3.70. The number of hydrogen-bond acceptors (Lipinski definition) is 2. The maximum atomic E-state index is 8.29. The van der Waals surface area contributed by atoms with Gasteiger partial charge in [0.1, 0.15) is 0 Å².